The molecule has 0 saturated carbocycles. The van der Waals surface area contributed by atoms with Gasteiger partial charge in [0.15, 0.2) is 21.1 Å². The first-order valence-corrected chi connectivity index (χ1v) is 17.5. The van der Waals surface area contributed by atoms with Crippen LogP contribution in [0.1, 0.15) is 44.8 Å². The second-order valence-corrected chi connectivity index (χ2v) is 15.1. The van der Waals surface area contributed by atoms with Gasteiger partial charge < -0.3 is 14.5 Å². The summed E-state index contributed by atoms with van der Waals surface area (Å²) in [6.45, 7) is 12.8. The second-order valence-electron chi connectivity index (χ2n) is 13.0. The Morgan fingerprint density at radius 3 is 2.40 bits per heavy atom. The second kappa shape index (κ2) is 12.2. The minimum Gasteiger partial charge on any atom is -0.443 e. The van der Waals surface area contributed by atoms with E-state index in [1.807, 2.05) is 36.6 Å². The molecule has 0 unspecified atom stereocenters. The topological polar surface area (TPSA) is 148 Å². The average molecular weight is 674 g/mol. The van der Waals surface area contributed by atoms with Crippen molar-refractivity contribution in [2.75, 3.05) is 42.2 Å². The minimum absolute atomic E-state index is 0.00492. The maximum Gasteiger partial charge on any atom is 0.416 e. The number of fused-ring (bicyclic) bond motifs is 2. The summed E-state index contributed by atoms with van der Waals surface area (Å²) in [6, 6.07) is 12.1. The number of carbonyl (C=O) groups excluding carboxylic acids is 2. The highest BCUT2D eigenvalue weighted by Gasteiger charge is 2.30. The highest BCUT2D eigenvalue weighted by molar-refractivity contribution is 7.90. The van der Waals surface area contributed by atoms with Gasteiger partial charge in [-0.25, -0.2) is 18.2 Å². The van der Waals surface area contributed by atoms with Crippen molar-refractivity contribution >= 4 is 44.8 Å². The van der Waals surface area contributed by atoms with Crippen LogP contribution in [-0.2, 0) is 25.9 Å². The highest BCUT2D eigenvalue weighted by Crippen LogP contribution is 2.34. The standard InChI is InChI=1S/C33H39N9O5S/c1-21-30(25-11-12-27-36-35-22(2)40(27)20-25)31-34-28(39-15-13-38(14-16-39)23(3)43)18-29(42(31)37-21)41(32(44)47-33(4,5)6)19-24-9-8-10-26(17-24)48(7,45)46/h8-12,17-18,20H,13-16,19H2,1-7H3. The van der Waals surface area contributed by atoms with Crippen molar-refractivity contribution < 1.29 is 22.7 Å². The summed E-state index contributed by atoms with van der Waals surface area (Å²) >= 11 is 0. The molecule has 2 amide bonds. The Morgan fingerprint density at radius 1 is 1.00 bits per heavy atom. The summed E-state index contributed by atoms with van der Waals surface area (Å²) in [7, 11) is -3.50. The Kier molecular flexibility index (Phi) is 8.35. The van der Waals surface area contributed by atoms with Crippen LogP contribution in [0.2, 0.25) is 0 Å². The van der Waals surface area contributed by atoms with E-state index < -0.39 is 21.5 Å². The van der Waals surface area contributed by atoms with Gasteiger partial charge in [0.25, 0.3) is 0 Å². The van der Waals surface area contributed by atoms with E-state index in [0.29, 0.717) is 60.4 Å². The summed E-state index contributed by atoms with van der Waals surface area (Å²) in [4.78, 5) is 36.7. The van der Waals surface area contributed by atoms with Crippen molar-refractivity contribution in [1.82, 2.24) is 34.1 Å². The predicted molar refractivity (Wildman–Crippen MR) is 181 cm³/mol. The number of nitrogens with zero attached hydrogens (tertiary/aromatic N) is 9. The molecule has 6 rings (SSSR count). The van der Waals surface area contributed by atoms with Gasteiger partial charge in [-0.05, 0) is 64.4 Å². The lowest BCUT2D eigenvalue weighted by molar-refractivity contribution is -0.129. The van der Waals surface area contributed by atoms with Crippen LogP contribution < -0.4 is 9.80 Å². The fraction of sp³-hybridized carbons (Fsp3) is 0.394. The van der Waals surface area contributed by atoms with Gasteiger partial charge in [0.05, 0.1) is 22.7 Å². The zero-order valence-electron chi connectivity index (χ0n) is 28.1. The molecule has 4 aromatic heterocycles. The molecule has 1 aromatic carbocycles. The lowest BCUT2D eigenvalue weighted by atomic mass is 10.1. The molecular formula is C33H39N9O5S. The molecule has 0 N–H and O–H groups in total. The molecule has 5 heterocycles. The molecule has 15 heteroatoms. The van der Waals surface area contributed by atoms with Crippen molar-refractivity contribution in [2.45, 2.75) is 58.6 Å². The quantitative estimate of drug-likeness (QED) is 0.258. The number of carbonyl (C=O) groups is 2. The van der Waals surface area contributed by atoms with Crippen molar-refractivity contribution in [3.05, 3.63) is 65.7 Å². The lowest BCUT2D eigenvalue weighted by Crippen LogP contribution is -2.48. The zero-order valence-corrected chi connectivity index (χ0v) is 28.9. The van der Waals surface area contributed by atoms with Gasteiger partial charge in [-0.1, -0.05) is 12.1 Å². The number of ether oxygens (including phenoxy) is 1. The number of hydrogen-bond donors (Lipinski definition) is 0. The first-order chi connectivity index (χ1) is 22.6. The molecule has 14 nitrogen and oxygen atoms in total. The van der Waals surface area contributed by atoms with Crippen LogP contribution in [0.5, 0.6) is 0 Å². The molecule has 252 valence electrons. The van der Waals surface area contributed by atoms with Crippen LogP contribution in [-0.4, -0.2) is 92.6 Å². The molecule has 1 saturated heterocycles. The number of rotatable bonds is 6. The predicted octanol–water partition coefficient (Wildman–Crippen LogP) is 4.07. The van der Waals surface area contributed by atoms with Gasteiger partial charge >= 0.3 is 6.09 Å². The van der Waals surface area contributed by atoms with E-state index in [1.165, 1.54) is 11.0 Å². The summed E-state index contributed by atoms with van der Waals surface area (Å²) < 4.78 is 34.3. The third-order valence-electron chi connectivity index (χ3n) is 8.20. The molecule has 1 fully saturated rings. The first-order valence-electron chi connectivity index (χ1n) is 15.6. The van der Waals surface area contributed by atoms with Crippen LogP contribution >= 0.6 is 0 Å². The fourth-order valence-corrected chi connectivity index (χ4v) is 6.50. The smallest absolute Gasteiger partial charge is 0.416 e. The molecule has 5 aromatic rings. The zero-order chi connectivity index (χ0) is 34.5. The molecule has 0 bridgehead atoms. The van der Waals surface area contributed by atoms with E-state index in [4.69, 9.17) is 14.8 Å². The van der Waals surface area contributed by atoms with E-state index in [-0.39, 0.29) is 17.3 Å². The maximum absolute atomic E-state index is 14.1. The molecule has 48 heavy (non-hydrogen) atoms. The van der Waals surface area contributed by atoms with Crippen LogP contribution in [0.4, 0.5) is 16.4 Å². The van der Waals surface area contributed by atoms with Gasteiger partial charge in [0.2, 0.25) is 5.91 Å². The number of pyridine rings is 1. The van der Waals surface area contributed by atoms with E-state index in [2.05, 4.69) is 15.1 Å². The van der Waals surface area contributed by atoms with Crippen molar-refractivity contribution in [2.24, 2.45) is 0 Å². The fourth-order valence-electron chi connectivity index (χ4n) is 5.80. The first kappa shape index (κ1) is 32.9. The van der Waals surface area contributed by atoms with E-state index in [9.17, 15) is 18.0 Å². The van der Waals surface area contributed by atoms with E-state index in [0.717, 1.165) is 23.2 Å². The number of piperazine rings is 1. The normalized spacial score (nSPS) is 14.1. The maximum atomic E-state index is 14.1. The summed E-state index contributed by atoms with van der Waals surface area (Å²) in [5, 5.41) is 13.3. The SMILES string of the molecule is CC(=O)N1CCN(c2cc(N(Cc3cccc(S(C)(=O)=O)c3)C(=O)OC(C)(C)C)n3nc(C)c(-c4ccc5nnc(C)n5c4)c3n2)CC1. The Balaban J connectivity index is 1.56. The highest BCUT2D eigenvalue weighted by atomic mass is 32.2. The number of anilines is 2. The number of sulfone groups is 1. The van der Waals surface area contributed by atoms with Gasteiger partial charge in [0, 0.05) is 57.2 Å². The summed E-state index contributed by atoms with van der Waals surface area (Å²) in [5.74, 6) is 1.73. The number of hydrogen-bond acceptors (Lipinski definition) is 10. The Hall–Kier alpha value is -5.05. The molecule has 1 aliphatic rings. The molecule has 0 spiro atoms. The molecule has 0 radical (unpaired) electrons. The van der Waals surface area contributed by atoms with Gasteiger partial charge in [-0.2, -0.15) is 9.61 Å². The van der Waals surface area contributed by atoms with Crippen molar-refractivity contribution in [3.8, 4) is 11.1 Å². The van der Waals surface area contributed by atoms with Crippen LogP contribution in [0.3, 0.4) is 0 Å². The van der Waals surface area contributed by atoms with Gasteiger partial charge in [0.1, 0.15) is 23.1 Å². The number of benzene rings is 1. The minimum atomic E-state index is -3.50. The van der Waals surface area contributed by atoms with Gasteiger partial charge in [-0.3, -0.25) is 14.1 Å². The number of aromatic nitrogens is 6. The molecule has 0 aliphatic carbocycles. The number of aryl methyl sites for hydroxylation is 2. The summed E-state index contributed by atoms with van der Waals surface area (Å²) in [6.07, 6.45) is 2.45. The van der Waals surface area contributed by atoms with E-state index >= 15 is 0 Å². The van der Waals surface area contributed by atoms with Crippen LogP contribution in [0, 0.1) is 13.8 Å². The van der Waals surface area contributed by atoms with Crippen molar-refractivity contribution in [3.63, 3.8) is 0 Å². The Morgan fingerprint density at radius 2 is 1.73 bits per heavy atom. The average Bonchev–Trinajstić information content (AvgIpc) is 3.56. The molecular weight excluding hydrogens is 634 g/mol. The Bertz CT molecular complexity index is 2160. The number of amides is 2. The molecule has 0 atom stereocenters. The summed E-state index contributed by atoms with van der Waals surface area (Å²) in [5.41, 5.74) is 3.25. The van der Waals surface area contributed by atoms with Gasteiger partial charge in [-0.15, -0.1) is 10.2 Å². The van der Waals surface area contributed by atoms with Crippen LogP contribution in [0.15, 0.2) is 53.6 Å². The largest absolute Gasteiger partial charge is 0.443 e. The third kappa shape index (κ3) is 6.54. The van der Waals surface area contributed by atoms with E-state index in [1.54, 1.807) is 61.4 Å². The Labute approximate surface area is 278 Å². The third-order valence-corrected chi connectivity index (χ3v) is 9.31. The van der Waals surface area contributed by atoms with Crippen LogP contribution in [0.25, 0.3) is 22.4 Å². The monoisotopic (exact) mass is 673 g/mol. The lowest BCUT2D eigenvalue weighted by Gasteiger charge is -2.35. The molecule has 1 aliphatic heterocycles. The van der Waals surface area contributed by atoms with Crippen molar-refractivity contribution in [1.29, 1.82) is 0 Å².